The average Bonchev–Trinajstić information content (AvgIpc) is 2.33. The van der Waals surface area contributed by atoms with Gasteiger partial charge in [-0.05, 0) is 6.42 Å². The molecule has 3 N–H and O–H groups in total. The number of carbonyl (C=O) groups excluding carboxylic acids is 1. The Morgan fingerprint density at radius 3 is 2.47 bits per heavy atom. The molecule has 0 saturated heterocycles. The van der Waals surface area contributed by atoms with Crippen LogP contribution in [0.4, 0.5) is 0 Å². The van der Waals surface area contributed by atoms with Crippen LogP contribution in [0.1, 0.15) is 51.9 Å². The second-order valence-corrected chi connectivity index (χ2v) is 4.47. The maximum absolute atomic E-state index is 11.6. The summed E-state index contributed by atoms with van der Waals surface area (Å²) in [4.78, 5) is 11.6. The molecule has 0 heterocycles. The van der Waals surface area contributed by atoms with Crippen molar-refractivity contribution in [3.05, 3.63) is 0 Å². The minimum Gasteiger partial charge on any atom is -0.383 e. The summed E-state index contributed by atoms with van der Waals surface area (Å²) in [5.74, 6) is 0.0907. The molecule has 0 fully saturated rings. The van der Waals surface area contributed by atoms with E-state index in [4.69, 9.17) is 10.5 Å². The molecule has 102 valence electrons. The van der Waals surface area contributed by atoms with E-state index in [0.717, 1.165) is 12.8 Å². The summed E-state index contributed by atoms with van der Waals surface area (Å²) in [6.07, 6.45) is 7.80. The first kappa shape index (κ1) is 16.4. The van der Waals surface area contributed by atoms with Crippen LogP contribution < -0.4 is 11.1 Å². The van der Waals surface area contributed by atoms with Gasteiger partial charge in [-0.1, -0.05) is 39.0 Å². The number of amides is 1. The van der Waals surface area contributed by atoms with Crippen molar-refractivity contribution in [2.24, 2.45) is 5.73 Å². The lowest BCUT2D eigenvalue weighted by molar-refractivity contribution is -0.122. The standard InChI is InChI=1S/C13H28N2O2/c1-3-4-5-6-7-8-9-13(16)15-12(10-14)11-17-2/h12H,3-11,14H2,1-2H3,(H,15,16). The Balaban J connectivity index is 3.44. The highest BCUT2D eigenvalue weighted by atomic mass is 16.5. The van der Waals surface area contributed by atoms with Crippen LogP contribution in [-0.4, -0.2) is 32.2 Å². The zero-order valence-electron chi connectivity index (χ0n) is 11.3. The summed E-state index contributed by atoms with van der Waals surface area (Å²) < 4.78 is 4.97. The minimum absolute atomic E-state index is 0.0485. The predicted octanol–water partition coefficient (Wildman–Crippen LogP) is 1.83. The molecule has 0 aliphatic carbocycles. The molecule has 4 nitrogen and oxygen atoms in total. The number of rotatable bonds is 11. The van der Waals surface area contributed by atoms with Gasteiger partial charge in [0.05, 0.1) is 12.6 Å². The molecule has 0 rings (SSSR count). The van der Waals surface area contributed by atoms with Crippen molar-refractivity contribution in [2.75, 3.05) is 20.3 Å². The lowest BCUT2D eigenvalue weighted by atomic mass is 10.1. The highest BCUT2D eigenvalue weighted by Gasteiger charge is 2.09. The maximum Gasteiger partial charge on any atom is 0.220 e. The smallest absolute Gasteiger partial charge is 0.220 e. The van der Waals surface area contributed by atoms with E-state index in [-0.39, 0.29) is 11.9 Å². The lowest BCUT2D eigenvalue weighted by Gasteiger charge is -2.15. The third kappa shape index (κ3) is 10.3. The molecular formula is C13H28N2O2. The second kappa shape index (κ2) is 11.9. The molecule has 0 radical (unpaired) electrons. The number of methoxy groups -OCH3 is 1. The normalized spacial score (nSPS) is 12.4. The SMILES string of the molecule is CCCCCCCCC(=O)NC(CN)COC. The van der Waals surface area contributed by atoms with Gasteiger partial charge in [0, 0.05) is 20.1 Å². The molecule has 17 heavy (non-hydrogen) atoms. The minimum atomic E-state index is -0.0485. The van der Waals surface area contributed by atoms with Crippen molar-refractivity contribution in [1.82, 2.24) is 5.32 Å². The molecule has 0 aliphatic heterocycles. The third-order valence-corrected chi connectivity index (χ3v) is 2.77. The Hall–Kier alpha value is -0.610. The summed E-state index contributed by atoms with van der Waals surface area (Å²) in [6, 6.07) is -0.0485. The van der Waals surface area contributed by atoms with Gasteiger partial charge in [0.15, 0.2) is 0 Å². The highest BCUT2D eigenvalue weighted by Crippen LogP contribution is 2.06. The number of nitrogens with one attached hydrogen (secondary N) is 1. The van der Waals surface area contributed by atoms with Crippen molar-refractivity contribution in [3.63, 3.8) is 0 Å². The van der Waals surface area contributed by atoms with Gasteiger partial charge in [-0.25, -0.2) is 0 Å². The zero-order valence-corrected chi connectivity index (χ0v) is 11.3. The molecule has 4 heteroatoms. The van der Waals surface area contributed by atoms with E-state index in [1.165, 1.54) is 25.7 Å². The van der Waals surface area contributed by atoms with Crippen LogP contribution >= 0.6 is 0 Å². The number of carbonyl (C=O) groups is 1. The fourth-order valence-corrected chi connectivity index (χ4v) is 1.74. The van der Waals surface area contributed by atoms with E-state index in [9.17, 15) is 4.79 Å². The lowest BCUT2D eigenvalue weighted by Crippen LogP contribution is -2.43. The van der Waals surface area contributed by atoms with Gasteiger partial charge >= 0.3 is 0 Å². The maximum atomic E-state index is 11.6. The second-order valence-electron chi connectivity index (χ2n) is 4.47. The molecular weight excluding hydrogens is 216 g/mol. The van der Waals surface area contributed by atoms with Crippen molar-refractivity contribution >= 4 is 5.91 Å². The Labute approximate surface area is 105 Å². The monoisotopic (exact) mass is 244 g/mol. The quantitative estimate of drug-likeness (QED) is 0.545. The summed E-state index contributed by atoms with van der Waals surface area (Å²) in [5, 5.41) is 2.88. The first-order valence-corrected chi connectivity index (χ1v) is 6.73. The van der Waals surface area contributed by atoms with E-state index in [0.29, 0.717) is 19.6 Å². The number of nitrogens with two attached hydrogens (primary N) is 1. The molecule has 0 bridgehead atoms. The van der Waals surface area contributed by atoms with E-state index >= 15 is 0 Å². The predicted molar refractivity (Wildman–Crippen MR) is 70.9 cm³/mol. The summed E-state index contributed by atoms with van der Waals surface area (Å²) in [7, 11) is 1.61. The molecule has 1 unspecified atom stereocenters. The summed E-state index contributed by atoms with van der Waals surface area (Å²) in [6.45, 7) is 3.12. The fraction of sp³-hybridized carbons (Fsp3) is 0.923. The molecule has 0 spiro atoms. The van der Waals surface area contributed by atoms with Gasteiger partial charge in [-0.15, -0.1) is 0 Å². The van der Waals surface area contributed by atoms with Crippen molar-refractivity contribution in [1.29, 1.82) is 0 Å². The van der Waals surface area contributed by atoms with Crippen LogP contribution in [0.15, 0.2) is 0 Å². The molecule has 0 aromatic heterocycles. The van der Waals surface area contributed by atoms with Gasteiger partial charge in [-0.2, -0.15) is 0 Å². The van der Waals surface area contributed by atoms with Crippen LogP contribution in [0.2, 0.25) is 0 Å². The van der Waals surface area contributed by atoms with Crippen LogP contribution in [-0.2, 0) is 9.53 Å². The third-order valence-electron chi connectivity index (χ3n) is 2.77. The van der Waals surface area contributed by atoms with Gasteiger partial charge in [0.2, 0.25) is 5.91 Å². The van der Waals surface area contributed by atoms with E-state index in [1.807, 2.05) is 0 Å². The molecule has 1 amide bonds. The summed E-state index contributed by atoms with van der Waals surface area (Å²) in [5.41, 5.74) is 5.52. The van der Waals surface area contributed by atoms with Crippen LogP contribution in [0.25, 0.3) is 0 Å². The molecule has 1 atom stereocenters. The highest BCUT2D eigenvalue weighted by molar-refractivity contribution is 5.76. The summed E-state index contributed by atoms with van der Waals surface area (Å²) >= 11 is 0. The number of unbranched alkanes of at least 4 members (excludes halogenated alkanes) is 5. The largest absolute Gasteiger partial charge is 0.383 e. The Kier molecular flexibility index (Phi) is 11.4. The Morgan fingerprint density at radius 2 is 1.88 bits per heavy atom. The van der Waals surface area contributed by atoms with E-state index in [1.54, 1.807) is 7.11 Å². The van der Waals surface area contributed by atoms with Gasteiger partial charge in [0.1, 0.15) is 0 Å². The number of hydrogen-bond donors (Lipinski definition) is 2. The van der Waals surface area contributed by atoms with Gasteiger partial charge in [0.25, 0.3) is 0 Å². The van der Waals surface area contributed by atoms with Crippen molar-refractivity contribution in [2.45, 2.75) is 57.9 Å². The first-order chi connectivity index (χ1) is 8.24. The van der Waals surface area contributed by atoms with Crippen LogP contribution in [0, 0.1) is 0 Å². The average molecular weight is 244 g/mol. The van der Waals surface area contributed by atoms with Crippen molar-refractivity contribution in [3.8, 4) is 0 Å². The molecule has 0 aromatic rings. The number of ether oxygens (including phenoxy) is 1. The zero-order chi connectivity index (χ0) is 12.9. The molecule has 0 saturated carbocycles. The van der Waals surface area contributed by atoms with Crippen molar-refractivity contribution < 1.29 is 9.53 Å². The Morgan fingerprint density at radius 1 is 1.24 bits per heavy atom. The van der Waals surface area contributed by atoms with Gasteiger partial charge < -0.3 is 15.8 Å². The number of hydrogen-bond acceptors (Lipinski definition) is 3. The van der Waals surface area contributed by atoms with Crippen LogP contribution in [0.3, 0.4) is 0 Å². The Bertz CT molecular complexity index is 186. The fourth-order valence-electron chi connectivity index (χ4n) is 1.74. The molecule has 0 aliphatic rings. The van der Waals surface area contributed by atoms with Crippen LogP contribution in [0.5, 0.6) is 0 Å². The molecule has 0 aromatic carbocycles. The van der Waals surface area contributed by atoms with E-state index < -0.39 is 0 Å². The van der Waals surface area contributed by atoms with Gasteiger partial charge in [-0.3, -0.25) is 4.79 Å². The topological polar surface area (TPSA) is 64.4 Å². The van der Waals surface area contributed by atoms with E-state index in [2.05, 4.69) is 12.2 Å². The first-order valence-electron chi connectivity index (χ1n) is 6.73.